The zero-order valence-corrected chi connectivity index (χ0v) is 13.2. The maximum Gasteiger partial charge on any atom is 0.211 e. The molecule has 2 heteroatoms. The number of hydrogen-bond acceptors (Lipinski definition) is 1. The Balaban J connectivity index is 0.000000704. The topological polar surface area (TPSA) is 17.1 Å². The summed E-state index contributed by atoms with van der Waals surface area (Å²) in [5, 5.41) is 2.37. The van der Waals surface area contributed by atoms with Gasteiger partial charge in [0.1, 0.15) is 11.5 Å². The van der Waals surface area contributed by atoms with E-state index < -0.39 is 0 Å². The van der Waals surface area contributed by atoms with Crippen molar-refractivity contribution < 1.29 is 4.79 Å². The molecule has 0 amide bonds. The summed E-state index contributed by atoms with van der Waals surface area (Å²) in [7, 11) is 0.359. The SMILES string of the molecule is CC.O=C(C[S+]1CCCC1)c1ccc2ccccc2c1. The number of rotatable bonds is 3. The van der Waals surface area contributed by atoms with E-state index >= 15 is 0 Å². The average Bonchev–Trinajstić information content (AvgIpc) is 3.01. The lowest BCUT2D eigenvalue weighted by molar-refractivity contribution is 0.102. The van der Waals surface area contributed by atoms with Gasteiger partial charge < -0.3 is 0 Å². The van der Waals surface area contributed by atoms with Crippen molar-refractivity contribution in [3.05, 3.63) is 48.0 Å². The molecule has 1 nitrogen and oxygen atoms in total. The van der Waals surface area contributed by atoms with Crippen LogP contribution in [0.2, 0.25) is 0 Å². The molecule has 1 heterocycles. The van der Waals surface area contributed by atoms with E-state index in [0.717, 1.165) is 16.7 Å². The van der Waals surface area contributed by atoms with Gasteiger partial charge in [0.15, 0.2) is 5.75 Å². The minimum atomic E-state index is 0.325. The van der Waals surface area contributed by atoms with Gasteiger partial charge in [-0.3, -0.25) is 4.79 Å². The van der Waals surface area contributed by atoms with Crippen LogP contribution in [-0.2, 0) is 10.9 Å². The van der Waals surface area contributed by atoms with E-state index in [-0.39, 0.29) is 0 Å². The molecule has 1 fully saturated rings. The van der Waals surface area contributed by atoms with Crippen LogP contribution >= 0.6 is 0 Å². The van der Waals surface area contributed by atoms with Crippen LogP contribution in [0.1, 0.15) is 37.0 Å². The summed E-state index contributed by atoms with van der Waals surface area (Å²) in [6, 6.07) is 14.3. The van der Waals surface area contributed by atoms with Gasteiger partial charge in [0, 0.05) is 5.56 Å². The quantitative estimate of drug-likeness (QED) is 0.601. The molecule has 1 aliphatic heterocycles. The van der Waals surface area contributed by atoms with Gasteiger partial charge in [0.2, 0.25) is 5.78 Å². The highest BCUT2D eigenvalue weighted by molar-refractivity contribution is 7.97. The largest absolute Gasteiger partial charge is 0.289 e. The summed E-state index contributed by atoms with van der Waals surface area (Å²) in [6.07, 6.45) is 2.63. The van der Waals surface area contributed by atoms with E-state index in [4.69, 9.17) is 0 Å². The summed E-state index contributed by atoms with van der Waals surface area (Å²) < 4.78 is 0. The molecule has 1 saturated heterocycles. The Hall–Kier alpha value is -1.28. The van der Waals surface area contributed by atoms with Crippen LogP contribution in [0.25, 0.3) is 10.8 Å². The number of ketones is 1. The second-order valence-electron chi connectivity index (χ2n) is 4.86. The van der Waals surface area contributed by atoms with Crippen molar-refractivity contribution in [1.82, 2.24) is 0 Å². The van der Waals surface area contributed by atoms with E-state index in [1.807, 2.05) is 38.1 Å². The highest BCUT2D eigenvalue weighted by atomic mass is 32.2. The number of hydrogen-bond donors (Lipinski definition) is 0. The van der Waals surface area contributed by atoms with Crippen LogP contribution in [0, 0.1) is 0 Å². The van der Waals surface area contributed by atoms with Gasteiger partial charge in [0.05, 0.1) is 0 Å². The molecule has 0 atom stereocenters. The highest BCUT2D eigenvalue weighted by Crippen LogP contribution is 2.19. The first-order chi connectivity index (χ1) is 9.83. The standard InChI is InChI=1S/C16H17OS.C2H6/c17-16(12-18-9-3-4-10-18)15-8-7-13-5-1-2-6-14(13)11-15;1-2/h1-2,5-8,11H,3-4,9-10,12H2;1-2H3/q+1;. The molecule has 0 aliphatic carbocycles. The number of benzene rings is 2. The van der Waals surface area contributed by atoms with Crippen LogP contribution in [0.3, 0.4) is 0 Å². The molecule has 106 valence electrons. The molecule has 0 bridgehead atoms. The van der Waals surface area contributed by atoms with E-state index in [1.54, 1.807) is 0 Å². The average molecular weight is 287 g/mol. The van der Waals surface area contributed by atoms with Crippen molar-refractivity contribution in [3.8, 4) is 0 Å². The second kappa shape index (κ2) is 7.49. The van der Waals surface area contributed by atoms with E-state index in [1.165, 1.54) is 29.7 Å². The van der Waals surface area contributed by atoms with Crippen LogP contribution in [0.15, 0.2) is 42.5 Å². The van der Waals surface area contributed by atoms with E-state index in [9.17, 15) is 4.79 Å². The van der Waals surface area contributed by atoms with Crippen molar-refractivity contribution in [3.63, 3.8) is 0 Å². The van der Waals surface area contributed by atoms with Gasteiger partial charge in [-0.1, -0.05) is 50.2 Å². The first-order valence-electron chi connectivity index (χ1n) is 7.49. The fraction of sp³-hybridized carbons (Fsp3) is 0.389. The Morgan fingerprint density at radius 3 is 2.35 bits per heavy atom. The molecule has 0 aromatic heterocycles. The van der Waals surface area contributed by atoms with Crippen molar-refractivity contribution in [2.24, 2.45) is 0 Å². The summed E-state index contributed by atoms with van der Waals surface area (Å²) >= 11 is 0. The van der Waals surface area contributed by atoms with Crippen molar-refractivity contribution in [2.45, 2.75) is 26.7 Å². The summed E-state index contributed by atoms with van der Waals surface area (Å²) in [6.45, 7) is 4.00. The van der Waals surface area contributed by atoms with Gasteiger partial charge in [0.25, 0.3) is 0 Å². The lowest BCUT2D eigenvalue weighted by Gasteiger charge is -2.03. The van der Waals surface area contributed by atoms with Gasteiger partial charge in [-0.25, -0.2) is 0 Å². The Labute approximate surface area is 124 Å². The maximum absolute atomic E-state index is 12.3. The number of carbonyl (C=O) groups is 1. The molecular weight excluding hydrogens is 264 g/mol. The van der Waals surface area contributed by atoms with E-state index in [2.05, 4.69) is 18.2 Å². The van der Waals surface area contributed by atoms with Crippen LogP contribution in [-0.4, -0.2) is 23.0 Å². The van der Waals surface area contributed by atoms with Gasteiger partial charge in [-0.15, -0.1) is 0 Å². The molecule has 2 aromatic carbocycles. The summed E-state index contributed by atoms with van der Waals surface area (Å²) in [5.41, 5.74) is 0.883. The van der Waals surface area contributed by atoms with Crippen LogP contribution in [0.4, 0.5) is 0 Å². The first-order valence-corrected chi connectivity index (χ1v) is 9.22. The van der Waals surface area contributed by atoms with Crippen LogP contribution < -0.4 is 0 Å². The number of fused-ring (bicyclic) bond motifs is 1. The molecule has 1 aliphatic rings. The lowest BCUT2D eigenvalue weighted by Crippen LogP contribution is -2.17. The third-order valence-electron chi connectivity index (χ3n) is 3.52. The fourth-order valence-electron chi connectivity index (χ4n) is 2.49. The van der Waals surface area contributed by atoms with Crippen molar-refractivity contribution in [2.75, 3.05) is 17.3 Å². The number of carbonyl (C=O) groups excluding carboxylic acids is 1. The molecule has 0 unspecified atom stereocenters. The molecule has 0 saturated carbocycles. The van der Waals surface area contributed by atoms with Gasteiger partial charge in [-0.2, -0.15) is 0 Å². The zero-order valence-electron chi connectivity index (χ0n) is 12.4. The third kappa shape index (κ3) is 3.63. The smallest absolute Gasteiger partial charge is 0.211 e. The minimum Gasteiger partial charge on any atom is -0.289 e. The molecule has 2 aromatic rings. The second-order valence-corrected chi connectivity index (χ2v) is 7.19. The third-order valence-corrected chi connectivity index (χ3v) is 5.93. The van der Waals surface area contributed by atoms with Crippen molar-refractivity contribution >= 4 is 27.5 Å². The molecule has 3 rings (SSSR count). The Morgan fingerprint density at radius 2 is 1.65 bits per heavy atom. The fourth-order valence-corrected chi connectivity index (χ4v) is 4.75. The Kier molecular flexibility index (Phi) is 5.66. The molecule has 20 heavy (non-hydrogen) atoms. The van der Waals surface area contributed by atoms with Crippen LogP contribution in [0.5, 0.6) is 0 Å². The normalized spacial score (nSPS) is 14.9. The van der Waals surface area contributed by atoms with Crippen molar-refractivity contribution in [1.29, 1.82) is 0 Å². The Morgan fingerprint density at radius 1 is 1.00 bits per heavy atom. The molecule has 0 spiro atoms. The Bertz CT molecular complexity index is 570. The summed E-state index contributed by atoms with van der Waals surface area (Å²) in [4.78, 5) is 12.3. The lowest BCUT2D eigenvalue weighted by atomic mass is 10.1. The van der Waals surface area contributed by atoms with E-state index in [0.29, 0.717) is 16.7 Å². The zero-order chi connectivity index (χ0) is 14.4. The molecule has 0 radical (unpaired) electrons. The van der Waals surface area contributed by atoms with Gasteiger partial charge in [-0.05, 0) is 40.6 Å². The molecular formula is C18H23OS+. The summed E-state index contributed by atoms with van der Waals surface area (Å²) in [5.74, 6) is 3.61. The first kappa shape index (κ1) is 15.1. The number of Topliss-reactive ketones (excluding diaryl/α,β-unsaturated/α-hetero) is 1. The van der Waals surface area contributed by atoms with Gasteiger partial charge >= 0.3 is 0 Å². The maximum atomic E-state index is 12.3. The molecule has 0 N–H and O–H groups in total. The predicted molar refractivity (Wildman–Crippen MR) is 90.8 cm³/mol. The predicted octanol–water partition coefficient (Wildman–Crippen LogP) is 4.46. The minimum absolute atomic E-state index is 0.325. The highest BCUT2D eigenvalue weighted by Gasteiger charge is 2.27. The monoisotopic (exact) mass is 287 g/mol.